The molecule has 4 atom stereocenters. The zero-order chi connectivity index (χ0) is 14.3. The van der Waals surface area contributed by atoms with E-state index in [1.807, 2.05) is 0 Å². The number of fused-ring (bicyclic) bond motifs is 2. The van der Waals surface area contributed by atoms with Crippen molar-refractivity contribution in [2.45, 2.75) is 38.6 Å². The van der Waals surface area contributed by atoms with Gasteiger partial charge in [-0.1, -0.05) is 6.42 Å². The summed E-state index contributed by atoms with van der Waals surface area (Å²) in [4.78, 5) is 18.2. The minimum absolute atomic E-state index is 0.0901. The molecule has 0 aromatic carbocycles. The topological polar surface area (TPSA) is 107 Å². The van der Waals surface area contributed by atoms with Crippen molar-refractivity contribution in [3.63, 3.8) is 0 Å². The SMILES string of the molecule is CC(Nc1ncnc(N)c1[N+](=O)[O-])C1CC2CCC1C2. The van der Waals surface area contributed by atoms with Crippen LogP contribution in [0.3, 0.4) is 0 Å². The lowest BCUT2D eigenvalue weighted by Crippen LogP contribution is -2.30. The molecule has 0 radical (unpaired) electrons. The van der Waals surface area contributed by atoms with Gasteiger partial charge in [0, 0.05) is 6.04 Å². The molecule has 7 nitrogen and oxygen atoms in total. The van der Waals surface area contributed by atoms with E-state index in [9.17, 15) is 10.1 Å². The van der Waals surface area contributed by atoms with Crippen molar-refractivity contribution in [1.29, 1.82) is 0 Å². The van der Waals surface area contributed by atoms with Gasteiger partial charge in [-0.2, -0.15) is 0 Å². The van der Waals surface area contributed by atoms with Gasteiger partial charge in [0.05, 0.1) is 4.92 Å². The van der Waals surface area contributed by atoms with Crippen LogP contribution in [0.25, 0.3) is 0 Å². The number of hydrogen-bond acceptors (Lipinski definition) is 6. The first kappa shape index (κ1) is 13.1. The van der Waals surface area contributed by atoms with Crippen LogP contribution in [0.4, 0.5) is 17.3 Å². The van der Waals surface area contributed by atoms with E-state index in [1.165, 1.54) is 32.0 Å². The van der Waals surface area contributed by atoms with Gasteiger partial charge < -0.3 is 11.1 Å². The van der Waals surface area contributed by atoms with Crippen molar-refractivity contribution in [3.05, 3.63) is 16.4 Å². The lowest BCUT2D eigenvalue weighted by Gasteiger charge is -2.28. The number of rotatable bonds is 4. The third kappa shape index (κ3) is 2.17. The predicted molar refractivity (Wildman–Crippen MR) is 75.1 cm³/mol. The molecule has 2 saturated carbocycles. The molecule has 4 unspecified atom stereocenters. The van der Waals surface area contributed by atoms with Crippen LogP contribution in [0.1, 0.15) is 32.6 Å². The minimum atomic E-state index is -0.523. The van der Waals surface area contributed by atoms with Crippen molar-refractivity contribution < 1.29 is 4.92 Å². The Hall–Kier alpha value is -1.92. The first-order valence-electron chi connectivity index (χ1n) is 7.07. The Kier molecular flexibility index (Phi) is 3.19. The average molecular weight is 277 g/mol. The summed E-state index contributed by atoms with van der Waals surface area (Å²) in [7, 11) is 0. The van der Waals surface area contributed by atoms with Crippen molar-refractivity contribution in [3.8, 4) is 0 Å². The second kappa shape index (κ2) is 4.88. The van der Waals surface area contributed by atoms with E-state index in [-0.39, 0.29) is 23.4 Å². The summed E-state index contributed by atoms with van der Waals surface area (Å²) in [5, 5.41) is 14.3. The van der Waals surface area contributed by atoms with Gasteiger partial charge in [0.15, 0.2) is 0 Å². The molecule has 0 amide bonds. The number of nitro groups is 1. The Morgan fingerprint density at radius 1 is 1.45 bits per heavy atom. The second-order valence-corrected chi connectivity index (χ2v) is 5.98. The summed E-state index contributed by atoms with van der Waals surface area (Å²) in [5.74, 6) is 2.32. The van der Waals surface area contributed by atoms with Crippen LogP contribution >= 0.6 is 0 Å². The van der Waals surface area contributed by atoms with Crippen molar-refractivity contribution in [1.82, 2.24) is 9.97 Å². The van der Waals surface area contributed by atoms with E-state index >= 15 is 0 Å². The van der Waals surface area contributed by atoms with E-state index in [4.69, 9.17) is 5.73 Å². The van der Waals surface area contributed by atoms with Crippen molar-refractivity contribution in [2.75, 3.05) is 11.1 Å². The number of anilines is 2. The van der Waals surface area contributed by atoms with E-state index in [1.54, 1.807) is 0 Å². The third-order valence-corrected chi connectivity index (χ3v) is 4.83. The predicted octanol–water partition coefficient (Wildman–Crippen LogP) is 2.20. The molecule has 2 fully saturated rings. The average Bonchev–Trinajstić information content (AvgIpc) is 3.00. The molecule has 3 N–H and O–H groups in total. The van der Waals surface area contributed by atoms with Crippen LogP contribution in [0.5, 0.6) is 0 Å². The maximum absolute atomic E-state index is 11.1. The Morgan fingerprint density at radius 2 is 2.25 bits per heavy atom. The molecule has 2 aliphatic rings. The number of hydrogen-bond donors (Lipinski definition) is 2. The van der Waals surface area contributed by atoms with Gasteiger partial charge in [0.1, 0.15) is 6.33 Å². The maximum atomic E-state index is 11.1. The van der Waals surface area contributed by atoms with E-state index in [0.717, 1.165) is 11.8 Å². The second-order valence-electron chi connectivity index (χ2n) is 5.98. The van der Waals surface area contributed by atoms with Gasteiger partial charge in [-0.25, -0.2) is 9.97 Å². The largest absolute Gasteiger partial charge is 0.378 e. The fourth-order valence-corrected chi connectivity index (χ4v) is 3.91. The molecule has 20 heavy (non-hydrogen) atoms. The summed E-state index contributed by atoms with van der Waals surface area (Å²) in [6.45, 7) is 2.08. The van der Waals surface area contributed by atoms with Crippen molar-refractivity contribution >= 4 is 17.3 Å². The lowest BCUT2D eigenvalue weighted by atomic mass is 9.84. The van der Waals surface area contributed by atoms with Crippen LogP contribution in [0.2, 0.25) is 0 Å². The molecule has 0 aliphatic heterocycles. The molecule has 7 heteroatoms. The highest BCUT2D eigenvalue weighted by atomic mass is 16.6. The monoisotopic (exact) mass is 277 g/mol. The zero-order valence-corrected chi connectivity index (χ0v) is 11.5. The summed E-state index contributed by atoms with van der Waals surface area (Å²) in [5.41, 5.74) is 5.36. The molecule has 1 heterocycles. The summed E-state index contributed by atoms with van der Waals surface area (Å²) in [6.07, 6.45) is 6.42. The third-order valence-electron chi connectivity index (χ3n) is 4.83. The first-order chi connectivity index (χ1) is 9.56. The standard InChI is InChI=1S/C13H19N5O2/c1-7(10-5-8-2-3-9(10)4-8)17-13-11(18(19)20)12(14)15-6-16-13/h6-10H,2-5H2,1H3,(H3,14,15,16,17). The van der Waals surface area contributed by atoms with Crippen LogP contribution in [0.15, 0.2) is 6.33 Å². The van der Waals surface area contributed by atoms with Gasteiger partial charge in [0.2, 0.25) is 11.6 Å². The molecule has 1 aromatic heterocycles. The molecule has 1 aromatic rings. The van der Waals surface area contributed by atoms with Crippen LogP contribution in [0, 0.1) is 27.9 Å². The zero-order valence-electron chi connectivity index (χ0n) is 11.5. The fourth-order valence-electron chi connectivity index (χ4n) is 3.91. The maximum Gasteiger partial charge on any atom is 0.352 e. The molecule has 0 spiro atoms. The Morgan fingerprint density at radius 3 is 2.85 bits per heavy atom. The molecular weight excluding hydrogens is 258 g/mol. The number of nitrogens with zero attached hydrogens (tertiary/aromatic N) is 3. The molecule has 0 saturated heterocycles. The molecular formula is C13H19N5O2. The lowest BCUT2D eigenvalue weighted by molar-refractivity contribution is -0.383. The molecule has 108 valence electrons. The van der Waals surface area contributed by atoms with Crippen LogP contribution in [-0.2, 0) is 0 Å². The van der Waals surface area contributed by atoms with Crippen LogP contribution < -0.4 is 11.1 Å². The van der Waals surface area contributed by atoms with E-state index < -0.39 is 4.92 Å². The summed E-state index contributed by atoms with van der Waals surface area (Å²) >= 11 is 0. The summed E-state index contributed by atoms with van der Waals surface area (Å²) in [6, 6.07) is 0.165. The smallest absolute Gasteiger partial charge is 0.352 e. The number of aromatic nitrogens is 2. The van der Waals surface area contributed by atoms with E-state index in [2.05, 4.69) is 22.2 Å². The first-order valence-corrected chi connectivity index (χ1v) is 7.07. The normalized spacial score (nSPS) is 29.4. The van der Waals surface area contributed by atoms with Gasteiger partial charge in [-0.3, -0.25) is 10.1 Å². The fraction of sp³-hybridized carbons (Fsp3) is 0.692. The Balaban J connectivity index is 1.78. The van der Waals surface area contributed by atoms with Crippen LogP contribution in [-0.4, -0.2) is 20.9 Å². The minimum Gasteiger partial charge on any atom is -0.378 e. The van der Waals surface area contributed by atoms with Gasteiger partial charge >= 0.3 is 5.69 Å². The quantitative estimate of drug-likeness (QED) is 0.645. The highest BCUT2D eigenvalue weighted by Gasteiger charge is 2.42. The number of nitrogen functional groups attached to an aromatic ring is 1. The molecule has 3 rings (SSSR count). The number of nitrogens with one attached hydrogen (secondary N) is 1. The number of nitrogens with two attached hydrogens (primary N) is 1. The summed E-state index contributed by atoms with van der Waals surface area (Å²) < 4.78 is 0. The highest BCUT2D eigenvalue weighted by molar-refractivity contribution is 5.67. The Bertz CT molecular complexity index is 535. The Labute approximate surface area is 117 Å². The van der Waals surface area contributed by atoms with E-state index in [0.29, 0.717) is 5.92 Å². The van der Waals surface area contributed by atoms with Crippen molar-refractivity contribution in [2.24, 2.45) is 17.8 Å². The molecule has 2 aliphatic carbocycles. The highest BCUT2D eigenvalue weighted by Crippen LogP contribution is 2.50. The van der Waals surface area contributed by atoms with Gasteiger partial charge in [-0.15, -0.1) is 0 Å². The van der Waals surface area contributed by atoms with Gasteiger partial charge in [-0.05, 0) is 43.9 Å². The van der Waals surface area contributed by atoms with Gasteiger partial charge in [0.25, 0.3) is 0 Å². The molecule has 2 bridgehead atoms.